The molecular weight excluding hydrogens is 365 g/mol. The number of anilines is 2. The number of carbonyl (C=O) groups is 2. The van der Waals surface area contributed by atoms with Gasteiger partial charge in [-0.25, -0.2) is 0 Å². The fourth-order valence-corrected chi connectivity index (χ4v) is 3.89. The maximum absolute atomic E-state index is 13.0. The largest absolute Gasteiger partial charge is 0.416 e. The highest BCUT2D eigenvalue weighted by Gasteiger charge is 2.36. The van der Waals surface area contributed by atoms with Gasteiger partial charge in [-0.1, -0.05) is 12.1 Å². The first-order valence-corrected chi connectivity index (χ1v) is 8.79. The first kappa shape index (κ1) is 18.3. The van der Waals surface area contributed by atoms with Gasteiger partial charge in [0.25, 0.3) is 0 Å². The highest BCUT2D eigenvalue weighted by Crippen LogP contribution is 2.43. The first-order valence-electron chi connectivity index (χ1n) is 7.74. The molecule has 1 saturated heterocycles. The molecule has 0 aliphatic carbocycles. The fourth-order valence-electron chi connectivity index (χ4n) is 2.73. The van der Waals surface area contributed by atoms with Crippen LogP contribution in [-0.2, 0) is 15.8 Å². The summed E-state index contributed by atoms with van der Waals surface area (Å²) in [4.78, 5) is 24.9. The Morgan fingerprint density at radius 2 is 1.88 bits per heavy atom. The molecule has 0 unspecified atom stereocenters. The molecule has 26 heavy (non-hydrogen) atoms. The number of hydrogen-bond acceptors (Lipinski definition) is 3. The van der Waals surface area contributed by atoms with Gasteiger partial charge >= 0.3 is 6.18 Å². The van der Waals surface area contributed by atoms with Crippen molar-refractivity contribution in [2.24, 2.45) is 0 Å². The Kier molecular flexibility index (Phi) is 4.95. The summed E-state index contributed by atoms with van der Waals surface area (Å²) in [6.45, 7) is 1.39. The highest BCUT2D eigenvalue weighted by molar-refractivity contribution is 8.00. The third kappa shape index (κ3) is 3.85. The number of nitrogens with zero attached hydrogens (tertiary/aromatic N) is 1. The molecule has 3 rings (SSSR count). The molecule has 4 nitrogen and oxygen atoms in total. The van der Waals surface area contributed by atoms with Gasteiger partial charge in [-0.3, -0.25) is 14.5 Å². The van der Waals surface area contributed by atoms with Crippen molar-refractivity contribution in [3.8, 4) is 0 Å². The van der Waals surface area contributed by atoms with Crippen LogP contribution < -0.4 is 10.2 Å². The van der Waals surface area contributed by atoms with E-state index in [9.17, 15) is 22.8 Å². The molecule has 0 aromatic heterocycles. The minimum Gasteiger partial charge on any atom is -0.326 e. The molecule has 1 heterocycles. The van der Waals surface area contributed by atoms with Crippen molar-refractivity contribution >= 4 is 35.0 Å². The van der Waals surface area contributed by atoms with Crippen molar-refractivity contribution < 1.29 is 22.8 Å². The number of hydrogen-bond donors (Lipinski definition) is 1. The number of benzene rings is 2. The van der Waals surface area contributed by atoms with Crippen LogP contribution in [-0.4, -0.2) is 17.6 Å². The summed E-state index contributed by atoms with van der Waals surface area (Å²) in [5.74, 6) is -0.203. The number of amides is 2. The van der Waals surface area contributed by atoms with E-state index in [1.807, 2.05) is 0 Å². The zero-order valence-corrected chi connectivity index (χ0v) is 14.5. The number of rotatable bonds is 3. The Hall–Kier alpha value is -2.48. The number of alkyl halides is 3. The van der Waals surface area contributed by atoms with Crippen LogP contribution in [0.3, 0.4) is 0 Å². The van der Waals surface area contributed by atoms with E-state index in [2.05, 4.69) is 5.32 Å². The Morgan fingerprint density at radius 3 is 2.50 bits per heavy atom. The lowest BCUT2D eigenvalue weighted by atomic mass is 10.1. The van der Waals surface area contributed by atoms with Gasteiger partial charge in [0.05, 0.1) is 11.3 Å². The lowest BCUT2D eigenvalue weighted by Gasteiger charge is -2.25. The molecule has 8 heteroatoms. The van der Waals surface area contributed by atoms with Crippen LogP contribution >= 0.6 is 11.8 Å². The summed E-state index contributed by atoms with van der Waals surface area (Å²) >= 11 is 1.28. The monoisotopic (exact) mass is 380 g/mol. The topological polar surface area (TPSA) is 49.4 Å². The average molecular weight is 380 g/mol. The van der Waals surface area contributed by atoms with Crippen LogP contribution in [0.25, 0.3) is 0 Å². The molecule has 0 spiro atoms. The molecule has 1 fully saturated rings. The third-order valence-electron chi connectivity index (χ3n) is 3.83. The molecule has 0 radical (unpaired) electrons. The smallest absolute Gasteiger partial charge is 0.326 e. The summed E-state index contributed by atoms with van der Waals surface area (Å²) in [6, 6.07) is 11.6. The lowest BCUT2D eigenvalue weighted by Crippen LogP contribution is -2.28. The van der Waals surface area contributed by atoms with Gasteiger partial charge in [-0.05, 0) is 42.0 Å². The summed E-state index contributed by atoms with van der Waals surface area (Å²) < 4.78 is 38.9. The Labute approximate surface area is 152 Å². The van der Waals surface area contributed by atoms with Crippen molar-refractivity contribution in [3.05, 3.63) is 59.7 Å². The number of thioether (sulfide) groups is 1. The van der Waals surface area contributed by atoms with Gasteiger partial charge in [0.1, 0.15) is 5.37 Å². The fraction of sp³-hybridized carbons (Fsp3) is 0.222. The van der Waals surface area contributed by atoms with Crippen LogP contribution in [0.5, 0.6) is 0 Å². The molecule has 1 N–H and O–H groups in total. The van der Waals surface area contributed by atoms with Crippen LogP contribution in [0.2, 0.25) is 0 Å². The normalized spacial score (nSPS) is 17.5. The molecule has 1 aliphatic rings. The quantitative estimate of drug-likeness (QED) is 0.856. The lowest BCUT2D eigenvalue weighted by molar-refractivity contribution is -0.137. The summed E-state index contributed by atoms with van der Waals surface area (Å²) in [5.41, 5.74) is 0.824. The van der Waals surface area contributed by atoms with Crippen molar-refractivity contribution in [2.45, 2.75) is 18.5 Å². The van der Waals surface area contributed by atoms with Crippen LogP contribution in [0, 0.1) is 0 Å². The van der Waals surface area contributed by atoms with E-state index in [4.69, 9.17) is 0 Å². The van der Waals surface area contributed by atoms with Gasteiger partial charge in [-0.15, -0.1) is 11.8 Å². The molecule has 136 valence electrons. The van der Waals surface area contributed by atoms with E-state index in [-0.39, 0.29) is 17.6 Å². The molecule has 2 aromatic rings. The molecular formula is C18H15F3N2O2S. The minimum absolute atomic E-state index is 0.176. The zero-order valence-electron chi connectivity index (χ0n) is 13.7. The summed E-state index contributed by atoms with van der Waals surface area (Å²) in [6.07, 6.45) is -4.44. The van der Waals surface area contributed by atoms with Crippen LogP contribution in [0.4, 0.5) is 24.5 Å². The Balaban J connectivity index is 1.91. The van der Waals surface area contributed by atoms with Gasteiger partial charge < -0.3 is 5.32 Å². The SMILES string of the molecule is CC(=O)Nc1ccc(N2C(=O)CS[C@H]2c2cccc(C(F)(F)F)c2)cc1. The van der Waals surface area contributed by atoms with E-state index < -0.39 is 17.1 Å². The summed E-state index contributed by atoms with van der Waals surface area (Å²) in [7, 11) is 0. The van der Waals surface area contributed by atoms with Crippen molar-refractivity contribution in [2.75, 3.05) is 16.0 Å². The predicted octanol–water partition coefficient (Wildman–Crippen LogP) is 4.44. The van der Waals surface area contributed by atoms with E-state index in [1.54, 1.807) is 30.3 Å². The van der Waals surface area contributed by atoms with Gasteiger partial charge in [0.15, 0.2) is 0 Å². The van der Waals surface area contributed by atoms with Gasteiger partial charge in [0, 0.05) is 18.3 Å². The molecule has 0 bridgehead atoms. The minimum atomic E-state index is -4.44. The number of carbonyl (C=O) groups excluding carboxylic acids is 2. The number of nitrogens with one attached hydrogen (secondary N) is 1. The van der Waals surface area contributed by atoms with Gasteiger partial charge in [-0.2, -0.15) is 13.2 Å². The third-order valence-corrected chi connectivity index (χ3v) is 5.05. The second kappa shape index (κ2) is 7.03. The van der Waals surface area contributed by atoms with E-state index in [0.717, 1.165) is 12.1 Å². The second-order valence-corrected chi connectivity index (χ2v) is 6.85. The zero-order chi connectivity index (χ0) is 18.9. The van der Waals surface area contributed by atoms with E-state index in [0.29, 0.717) is 16.9 Å². The van der Waals surface area contributed by atoms with Crippen LogP contribution in [0.1, 0.15) is 23.4 Å². The Bertz CT molecular complexity index is 837. The predicted molar refractivity (Wildman–Crippen MR) is 94.9 cm³/mol. The maximum Gasteiger partial charge on any atom is 0.416 e. The van der Waals surface area contributed by atoms with E-state index in [1.165, 1.54) is 29.7 Å². The first-order chi connectivity index (χ1) is 12.3. The van der Waals surface area contributed by atoms with Crippen molar-refractivity contribution in [3.63, 3.8) is 0 Å². The maximum atomic E-state index is 13.0. The molecule has 2 amide bonds. The van der Waals surface area contributed by atoms with Crippen molar-refractivity contribution in [1.29, 1.82) is 0 Å². The highest BCUT2D eigenvalue weighted by atomic mass is 32.2. The van der Waals surface area contributed by atoms with Gasteiger partial charge in [0.2, 0.25) is 11.8 Å². The molecule has 1 atom stereocenters. The standard InChI is InChI=1S/C18H15F3N2O2S/c1-11(24)22-14-5-7-15(8-6-14)23-16(25)10-26-17(23)12-3-2-4-13(9-12)18(19,20)21/h2-9,17H,10H2,1H3,(H,22,24)/t17-/m0/s1. The summed E-state index contributed by atoms with van der Waals surface area (Å²) in [5, 5.41) is 2.10. The van der Waals surface area contributed by atoms with E-state index >= 15 is 0 Å². The van der Waals surface area contributed by atoms with Crippen LogP contribution in [0.15, 0.2) is 48.5 Å². The Morgan fingerprint density at radius 1 is 1.19 bits per heavy atom. The molecule has 1 aliphatic heterocycles. The van der Waals surface area contributed by atoms with Crippen molar-refractivity contribution in [1.82, 2.24) is 0 Å². The average Bonchev–Trinajstić information content (AvgIpc) is 2.96. The molecule has 0 saturated carbocycles. The molecule has 2 aromatic carbocycles. The number of halogens is 3. The second-order valence-electron chi connectivity index (χ2n) is 5.78.